The number of hydrogen-bond donors (Lipinski definition) is 1. The van der Waals surface area contributed by atoms with Gasteiger partial charge in [0.2, 0.25) is 10.0 Å². The van der Waals surface area contributed by atoms with Crippen LogP contribution < -0.4 is 5.32 Å². The lowest BCUT2D eigenvalue weighted by Crippen LogP contribution is -2.54. The lowest BCUT2D eigenvalue weighted by molar-refractivity contribution is 0.116. The summed E-state index contributed by atoms with van der Waals surface area (Å²) in [7, 11) is -3.41. The van der Waals surface area contributed by atoms with Crippen LogP contribution in [0.2, 0.25) is 0 Å². The van der Waals surface area contributed by atoms with Crippen LogP contribution in [0.15, 0.2) is 23.2 Å². The Morgan fingerprint density at radius 3 is 2.36 bits per heavy atom. The molecular weight excluding hydrogens is 392 g/mol. The molecule has 1 N–H and O–H groups in total. The smallest absolute Gasteiger partial charge is 0.244 e. The Balaban J connectivity index is 1.41. The highest BCUT2D eigenvalue weighted by Gasteiger charge is 2.39. The Morgan fingerprint density at radius 1 is 1.00 bits per heavy atom. The molecule has 1 aromatic heterocycles. The zero-order valence-electron chi connectivity index (χ0n) is 16.6. The van der Waals surface area contributed by atoms with E-state index in [1.807, 2.05) is 6.07 Å². The number of rotatable bonds is 6. The van der Waals surface area contributed by atoms with E-state index in [2.05, 4.69) is 27.0 Å². The number of hydrogen-bond acceptors (Lipinski definition) is 6. The van der Waals surface area contributed by atoms with Crippen molar-refractivity contribution in [1.82, 2.24) is 14.2 Å². The first-order chi connectivity index (χ1) is 13.6. The quantitative estimate of drug-likeness (QED) is 0.757. The molecule has 3 fully saturated rings. The Morgan fingerprint density at radius 2 is 1.71 bits per heavy atom. The van der Waals surface area contributed by atoms with Crippen molar-refractivity contribution >= 4 is 27.6 Å². The van der Waals surface area contributed by atoms with Crippen LogP contribution in [-0.4, -0.2) is 72.4 Å². The van der Waals surface area contributed by atoms with Gasteiger partial charge in [-0.15, -0.1) is 0 Å². The van der Waals surface area contributed by atoms with Crippen LogP contribution in [0.5, 0.6) is 0 Å². The highest BCUT2D eigenvalue weighted by Crippen LogP contribution is 2.37. The van der Waals surface area contributed by atoms with E-state index in [4.69, 9.17) is 0 Å². The predicted molar refractivity (Wildman–Crippen MR) is 115 cm³/mol. The first-order valence-electron chi connectivity index (χ1n) is 10.6. The molecule has 0 radical (unpaired) electrons. The number of anilines is 1. The number of thioether (sulfide) groups is 1. The second kappa shape index (κ2) is 8.90. The monoisotopic (exact) mass is 424 g/mol. The SMILES string of the molecule is O=S(=O)(c1ccc(NCC2(N3CCSCC3)CCCC2)nc1)N1CCCCC1. The fraction of sp³-hybridized carbons (Fsp3) is 0.750. The second-order valence-corrected chi connectivity index (χ2v) is 11.4. The van der Waals surface area contributed by atoms with E-state index in [-0.39, 0.29) is 5.54 Å². The van der Waals surface area contributed by atoms with Crippen molar-refractivity contribution in [3.63, 3.8) is 0 Å². The van der Waals surface area contributed by atoms with Crippen LogP contribution in [0.25, 0.3) is 0 Å². The van der Waals surface area contributed by atoms with Gasteiger partial charge in [0, 0.05) is 56.0 Å². The summed E-state index contributed by atoms with van der Waals surface area (Å²) < 4.78 is 27.2. The highest BCUT2D eigenvalue weighted by atomic mass is 32.2. The molecule has 2 saturated heterocycles. The minimum absolute atomic E-state index is 0.237. The molecule has 0 atom stereocenters. The largest absolute Gasteiger partial charge is 0.368 e. The van der Waals surface area contributed by atoms with Crippen molar-refractivity contribution in [1.29, 1.82) is 0 Å². The van der Waals surface area contributed by atoms with Gasteiger partial charge in [-0.3, -0.25) is 4.90 Å². The van der Waals surface area contributed by atoms with Crippen molar-refractivity contribution in [2.24, 2.45) is 0 Å². The number of nitrogens with zero attached hydrogens (tertiary/aromatic N) is 3. The molecule has 1 aromatic rings. The number of aromatic nitrogens is 1. The topological polar surface area (TPSA) is 65.5 Å². The van der Waals surface area contributed by atoms with Crippen LogP contribution in [0, 0.1) is 0 Å². The molecular formula is C20H32N4O2S2. The summed E-state index contributed by atoms with van der Waals surface area (Å²) in [6, 6.07) is 3.53. The van der Waals surface area contributed by atoms with Crippen molar-refractivity contribution in [2.45, 2.75) is 55.4 Å². The minimum atomic E-state index is -3.41. The van der Waals surface area contributed by atoms with Gasteiger partial charge in [0.15, 0.2) is 0 Å². The molecule has 1 saturated carbocycles. The lowest BCUT2D eigenvalue weighted by Gasteiger charge is -2.43. The van der Waals surface area contributed by atoms with Crippen molar-refractivity contribution in [3.8, 4) is 0 Å². The van der Waals surface area contributed by atoms with E-state index in [0.717, 1.165) is 31.6 Å². The molecule has 0 aromatic carbocycles. The third kappa shape index (κ3) is 4.35. The summed E-state index contributed by atoms with van der Waals surface area (Å²) in [6.07, 6.45) is 9.61. The zero-order valence-corrected chi connectivity index (χ0v) is 18.2. The molecule has 0 amide bonds. The predicted octanol–water partition coefficient (Wildman–Crippen LogP) is 3.03. The summed E-state index contributed by atoms with van der Waals surface area (Å²) in [6.45, 7) is 4.49. The van der Waals surface area contributed by atoms with Gasteiger partial charge >= 0.3 is 0 Å². The molecule has 156 valence electrons. The van der Waals surface area contributed by atoms with Gasteiger partial charge in [-0.2, -0.15) is 16.1 Å². The Hall–Kier alpha value is -0.830. The van der Waals surface area contributed by atoms with E-state index in [0.29, 0.717) is 18.0 Å². The lowest BCUT2D eigenvalue weighted by atomic mass is 9.94. The van der Waals surface area contributed by atoms with Crippen molar-refractivity contribution < 1.29 is 8.42 Å². The number of sulfonamides is 1. The maximum atomic E-state index is 12.8. The van der Waals surface area contributed by atoms with Gasteiger partial charge in [-0.1, -0.05) is 19.3 Å². The Kier molecular flexibility index (Phi) is 6.50. The molecule has 3 heterocycles. The molecule has 3 aliphatic rings. The first-order valence-corrected chi connectivity index (χ1v) is 13.2. The average molecular weight is 425 g/mol. The van der Waals surface area contributed by atoms with E-state index < -0.39 is 10.0 Å². The zero-order chi connectivity index (χ0) is 19.5. The van der Waals surface area contributed by atoms with Crippen LogP contribution in [0.1, 0.15) is 44.9 Å². The van der Waals surface area contributed by atoms with E-state index >= 15 is 0 Å². The second-order valence-electron chi connectivity index (χ2n) is 8.23. The van der Waals surface area contributed by atoms with Gasteiger partial charge in [-0.25, -0.2) is 13.4 Å². The molecule has 2 aliphatic heterocycles. The van der Waals surface area contributed by atoms with E-state index in [1.54, 1.807) is 10.4 Å². The van der Waals surface area contributed by atoms with Gasteiger partial charge in [0.25, 0.3) is 0 Å². The summed E-state index contributed by atoms with van der Waals surface area (Å²) in [5.41, 5.74) is 0.237. The van der Waals surface area contributed by atoms with Crippen molar-refractivity contribution in [2.75, 3.05) is 49.5 Å². The van der Waals surface area contributed by atoms with Crippen LogP contribution in [-0.2, 0) is 10.0 Å². The Bertz CT molecular complexity index is 736. The summed E-state index contributed by atoms with van der Waals surface area (Å²) in [5.74, 6) is 3.22. The normalized spacial score (nSPS) is 24.3. The standard InChI is InChI=1S/C20H32N4O2S2/c25-28(26,24-10-4-1-5-11-24)18-6-7-19(21-16-18)22-17-20(8-2-3-9-20)23-12-14-27-15-13-23/h6-7,16H,1-5,8-15,17H2,(H,21,22). The van der Waals surface area contributed by atoms with Crippen LogP contribution in [0.3, 0.4) is 0 Å². The third-order valence-corrected chi connectivity index (χ3v) is 9.33. The fourth-order valence-corrected chi connectivity index (χ4v) is 7.19. The highest BCUT2D eigenvalue weighted by molar-refractivity contribution is 7.99. The molecule has 1 aliphatic carbocycles. The number of pyridine rings is 1. The third-order valence-electron chi connectivity index (χ3n) is 6.50. The van der Waals surface area contributed by atoms with Gasteiger partial charge in [0.05, 0.1) is 0 Å². The first kappa shape index (κ1) is 20.4. The Labute approximate surface area is 173 Å². The maximum absolute atomic E-state index is 12.8. The van der Waals surface area contributed by atoms with Gasteiger partial charge in [-0.05, 0) is 37.8 Å². The summed E-state index contributed by atoms with van der Waals surface area (Å²) in [4.78, 5) is 7.43. The molecule has 8 heteroatoms. The molecule has 0 spiro atoms. The van der Waals surface area contributed by atoms with Crippen LogP contribution in [0.4, 0.5) is 5.82 Å². The van der Waals surface area contributed by atoms with Crippen molar-refractivity contribution in [3.05, 3.63) is 18.3 Å². The minimum Gasteiger partial charge on any atom is -0.368 e. The van der Waals surface area contributed by atoms with Crippen LogP contribution >= 0.6 is 11.8 Å². The van der Waals surface area contributed by atoms with E-state index in [1.165, 1.54) is 56.5 Å². The number of piperidine rings is 1. The summed E-state index contributed by atoms with van der Waals surface area (Å²) >= 11 is 2.05. The average Bonchev–Trinajstić information content (AvgIpc) is 3.24. The molecule has 4 rings (SSSR count). The molecule has 28 heavy (non-hydrogen) atoms. The maximum Gasteiger partial charge on any atom is 0.244 e. The van der Waals surface area contributed by atoms with E-state index in [9.17, 15) is 8.42 Å². The molecule has 6 nitrogen and oxygen atoms in total. The molecule has 0 unspecified atom stereocenters. The van der Waals surface area contributed by atoms with Gasteiger partial charge in [0.1, 0.15) is 10.7 Å². The fourth-order valence-electron chi connectivity index (χ4n) is 4.82. The van der Waals surface area contributed by atoms with Gasteiger partial charge < -0.3 is 5.32 Å². The number of nitrogens with one attached hydrogen (secondary N) is 1. The molecule has 0 bridgehead atoms. The summed E-state index contributed by atoms with van der Waals surface area (Å²) in [5, 5.41) is 3.51.